The van der Waals surface area contributed by atoms with Gasteiger partial charge in [-0.05, 0) is 108 Å². The van der Waals surface area contributed by atoms with Crippen molar-refractivity contribution < 1.29 is 0 Å². The van der Waals surface area contributed by atoms with Crippen molar-refractivity contribution in [2.45, 2.75) is 0 Å². The third-order valence-electron chi connectivity index (χ3n) is 11.0. The molecule has 11 rings (SSSR count). The summed E-state index contributed by atoms with van der Waals surface area (Å²) in [6.45, 7) is 0. The van der Waals surface area contributed by atoms with Crippen molar-refractivity contribution in [3.63, 3.8) is 0 Å². The van der Waals surface area contributed by atoms with Gasteiger partial charge in [0.25, 0.3) is 0 Å². The summed E-state index contributed by atoms with van der Waals surface area (Å²) in [4.78, 5) is 2.44. The molecule has 2 heteroatoms. The van der Waals surface area contributed by atoms with E-state index in [9.17, 15) is 0 Å². The van der Waals surface area contributed by atoms with Crippen LogP contribution in [-0.4, -0.2) is 0 Å². The largest absolute Gasteiger partial charge is 0.310 e. The molecule has 0 aliphatic carbocycles. The standard InChI is InChI=1S/C52H33NS/c1-2-10-34(11-3-1)39-14-8-15-43(33-39)53(48-18-9-19-49-51(48)47-31-26-37-13-5-7-17-46(37)52(47)54-49)42-28-24-35(25-29-42)40-27-30-45-41(32-40)23-22-38-21-20-36-12-4-6-16-44(36)50(38)45/h1-33H. The molecule has 1 aromatic heterocycles. The smallest absolute Gasteiger partial charge is 0.0554 e. The van der Waals surface area contributed by atoms with Crippen LogP contribution in [0.2, 0.25) is 0 Å². The van der Waals surface area contributed by atoms with Gasteiger partial charge in [-0.15, -0.1) is 11.3 Å². The van der Waals surface area contributed by atoms with Gasteiger partial charge >= 0.3 is 0 Å². The fraction of sp³-hybridized carbons (Fsp3) is 0. The van der Waals surface area contributed by atoms with Gasteiger partial charge in [0, 0.05) is 31.5 Å². The highest BCUT2D eigenvalue weighted by Crippen LogP contribution is 2.47. The van der Waals surface area contributed by atoms with Gasteiger partial charge < -0.3 is 4.90 Å². The first-order valence-electron chi connectivity index (χ1n) is 18.5. The molecule has 10 aromatic carbocycles. The maximum Gasteiger partial charge on any atom is 0.0554 e. The summed E-state index contributed by atoms with van der Waals surface area (Å²) in [6, 6.07) is 73.4. The molecule has 0 saturated heterocycles. The number of nitrogens with zero attached hydrogens (tertiary/aromatic N) is 1. The molecule has 0 spiro atoms. The van der Waals surface area contributed by atoms with E-state index >= 15 is 0 Å². The summed E-state index contributed by atoms with van der Waals surface area (Å²) in [7, 11) is 0. The lowest BCUT2D eigenvalue weighted by atomic mass is 9.94. The fourth-order valence-corrected chi connectivity index (χ4v) is 9.68. The molecule has 0 unspecified atom stereocenters. The van der Waals surface area contributed by atoms with Crippen LogP contribution in [0, 0.1) is 0 Å². The summed E-state index contributed by atoms with van der Waals surface area (Å²) in [5.74, 6) is 0. The first-order chi connectivity index (χ1) is 26.8. The quantitative estimate of drug-likeness (QED) is 0.161. The van der Waals surface area contributed by atoms with E-state index < -0.39 is 0 Å². The van der Waals surface area contributed by atoms with E-state index in [-0.39, 0.29) is 0 Å². The highest BCUT2D eigenvalue weighted by Gasteiger charge is 2.20. The Kier molecular flexibility index (Phi) is 7.11. The lowest BCUT2D eigenvalue weighted by molar-refractivity contribution is 1.30. The zero-order valence-corrected chi connectivity index (χ0v) is 30.2. The van der Waals surface area contributed by atoms with Crippen LogP contribution in [0.4, 0.5) is 17.1 Å². The molecule has 0 fully saturated rings. The van der Waals surface area contributed by atoms with Crippen molar-refractivity contribution in [1.82, 2.24) is 0 Å². The second-order valence-electron chi connectivity index (χ2n) is 14.1. The molecule has 0 saturated carbocycles. The van der Waals surface area contributed by atoms with Crippen molar-refractivity contribution in [3.05, 3.63) is 200 Å². The summed E-state index contributed by atoms with van der Waals surface area (Å²) in [6.07, 6.45) is 0. The molecule has 0 amide bonds. The van der Waals surface area contributed by atoms with Crippen LogP contribution in [0.1, 0.15) is 0 Å². The number of thiophene rings is 1. The Labute approximate surface area is 317 Å². The molecule has 252 valence electrons. The average molecular weight is 704 g/mol. The summed E-state index contributed by atoms with van der Waals surface area (Å²) in [5, 5.41) is 12.9. The van der Waals surface area contributed by atoms with Crippen LogP contribution in [0.3, 0.4) is 0 Å². The van der Waals surface area contributed by atoms with E-state index in [2.05, 4.69) is 205 Å². The number of rotatable bonds is 5. The van der Waals surface area contributed by atoms with E-state index in [1.165, 1.54) is 91.2 Å². The predicted molar refractivity (Wildman–Crippen MR) is 235 cm³/mol. The van der Waals surface area contributed by atoms with Gasteiger partial charge in [0.05, 0.1) is 5.69 Å². The zero-order valence-electron chi connectivity index (χ0n) is 29.4. The first-order valence-corrected chi connectivity index (χ1v) is 19.3. The Balaban J connectivity index is 1.07. The van der Waals surface area contributed by atoms with Gasteiger partial charge in [-0.2, -0.15) is 0 Å². The highest BCUT2D eigenvalue weighted by atomic mass is 32.1. The van der Waals surface area contributed by atoms with Gasteiger partial charge in [0.1, 0.15) is 0 Å². The molecule has 1 heterocycles. The first kappa shape index (κ1) is 30.8. The second-order valence-corrected chi connectivity index (χ2v) is 15.2. The minimum Gasteiger partial charge on any atom is -0.310 e. The Morgan fingerprint density at radius 2 is 0.907 bits per heavy atom. The SMILES string of the molecule is c1ccc(-c2cccc(N(c3ccc(-c4ccc5c(ccc6ccc7ccccc7c65)c4)cc3)c3cccc4sc5c6ccccc6ccc5c34)c2)cc1. The Morgan fingerprint density at radius 1 is 0.315 bits per heavy atom. The van der Waals surface area contributed by atoms with Crippen LogP contribution in [0.5, 0.6) is 0 Å². The second kappa shape index (κ2) is 12.4. The molecule has 0 radical (unpaired) electrons. The van der Waals surface area contributed by atoms with Crippen molar-refractivity contribution >= 4 is 91.7 Å². The van der Waals surface area contributed by atoms with E-state index in [4.69, 9.17) is 0 Å². The van der Waals surface area contributed by atoms with Gasteiger partial charge in [-0.3, -0.25) is 0 Å². The van der Waals surface area contributed by atoms with E-state index in [0.29, 0.717) is 0 Å². The topological polar surface area (TPSA) is 3.24 Å². The van der Waals surface area contributed by atoms with E-state index in [1.807, 2.05) is 11.3 Å². The molecular formula is C52H33NS. The monoisotopic (exact) mass is 703 g/mol. The lowest BCUT2D eigenvalue weighted by Gasteiger charge is -2.27. The minimum absolute atomic E-state index is 1.12. The van der Waals surface area contributed by atoms with Gasteiger partial charge in [0.2, 0.25) is 0 Å². The summed E-state index contributed by atoms with van der Waals surface area (Å²) < 4.78 is 2.62. The third kappa shape index (κ3) is 4.99. The van der Waals surface area contributed by atoms with Gasteiger partial charge in [-0.1, -0.05) is 158 Å². The van der Waals surface area contributed by atoms with Gasteiger partial charge in [-0.25, -0.2) is 0 Å². The number of fused-ring (bicyclic) bond motifs is 10. The average Bonchev–Trinajstić information content (AvgIpc) is 3.64. The molecule has 0 bridgehead atoms. The van der Waals surface area contributed by atoms with Crippen LogP contribution in [0.15, 0.2) is 200 Å². The van der Waals surface area contributed by atoms with E-state index in [1.54, 1.807) is 0 Å². The molecule has 0 aliphatic rings. The molecule has 11 aromatic rings. The third-order valence-corrected chi connectivity index (χ3v) is 12.2. The number of hydrogen-bond donors (Lipinski definition) is 0. The molecule has 1 nitrogen and oxygen atoms in total. The molecule has 0 atom stereocenters. The normalized spacial score (nSPS) is 11.7. The molecule has 54 heavy (non-hydrogen) atoms. The summed E-state index contributed by atoms with van der Waals surface area (Å²) >= 11 is 1.89. The number of benzene rings is 10. The predicted octanol–water partition coefficient (Wildman–Crippen LogP) is 15.5. The number of hydrogen-bond acceptors (Lipinski definition) is 2. The van der Waals surface area contributed by atoms with Crippen LogP contribution >= 0.6 is 11.3 Å². The molecule has 0 aliphatic heterocycles. The zero-order chi connectivity index (χ0) is 35.6. The minimum atomic E-state index is 1.12. The van der Waals surface area contributed by atoms with Crippen molar-refractivity contribution in [1.29, 1.82) is 0 Å². The molecule has 0 N–H and O–H groups in total. The van der Waals surface area contributed by atoms with Crippen molar-refractivity contribution in [2.24, 2.45) is 0 Å². The highest BCUT2D eigenvalue weighted by molar-refractivity contribution is 7.26. The summed E-state index contributed by atoms with van der Waals surface area (Å²) in [5.41, 5.74) is 8.23. The van der Waals surface area contributed by atoms with E-state index in [0.717, 1.165) is 11.4 Å². The van der Waals surface area contributed by atoms with Crippen LogP contribution in [0.25, 0.3) is 85.5 Å². The van der Waals surface area contributed by atoms with Crippen LogP contribution < -0.4 is 4.90 Å². The molecular weight excluding hydrogens is 671 g/mol. The van der Waals surface area contributed by atoms with Crippen molar-refractivity contribution in [2.75, 3.05) is 4.90 Å². The fourth-order valence-electron chi connectivity index (χ4n) is 8.42. The maximum absolute atomic E-state index is 2.44. The Morgan fingerprint density at radius 3 is 1.76 bits per heavy atom. The van der Waals surface area contributed by atoms with Crippen molar-refractivity contribution in [3.8, 4) is 22.3 Å². The maximum atomic E-state index is 2.44. The van der Waals surface area contributed by atoms with Crippen LogP contribution in [-0.2, 0) is 0 Å². The van der Waals surface area contributed by atoms with Gasteiger partial charge in [0.15, 0.2) is 0 Å². The lowest BCUT2D eigenvalue weighted by Crippen LogP contribution is -2.10. The Hall–Kier alpha value is -6.74. The Bertz CT molecular complexity index is 3210. The number of anilines is 3.